The number of benzene rings is 2. The summed E-state index contributed by atoms with van der Waals surface area (Å²) in [5, 5.41) is 18.9. The maximum atomic E-state index is 13.3. The second-order valence-corrected chi connectivity index (χ2v) is 7.93. The Morgan fingerprint density at radius 3 is 2.42 bits per heavy atom. The molecular weight excluding hydrogens is 435 g/mol. The van der Waals surface area contributed by atoms with E-state index in [-0.39, 0.29) is 0 Å². The highest BCUT2D eigenvalue weighted by Gasteiger charge is 2.31. The summed E-state index contributed by atoms with van der Waals surface area (Å²) in [6.07, 6.45) is -1.95. The monoisotopic (exact) mass is 459 g/mol. The van der Waals surface area contributed by atoms with Gasteiger partial charge in [-0.15, -0.1) is 0 Å². The molecule has 3 aromatic rings. The van der Waals surface area contributed by atoms with Gasteiger partial charge in [0, 0.05) is 23.9 Å². The quantitative estimate of drug-likeness (QED) is 0.539. The summed E-state index contributed by atoms with van der Waals surface area (Å²) in [6.45, 7) is 1.66. The number of aliphatic hydroxyl groups is 2. The minimum absolute atomic E-state index is 0.305. The Labute approximate surface area is 189 Å². The predicted molar refractivity (Wildman–Crippen MR) is 116 cm³/mol. The largest absolute Gasteiger partial charge is 0.457 e. The number of halogens is 3. The van der Waals surface area contributed by atoms with Gasteiger partial charge in [0.2, 0.25) is 0 Å². The molecule has 0 spiro atoms. The normalized spacial score (nSPS) is 15.5. The Kier molecular flexibility index (Phi) is 6.92. The zero-order chi connectivity index (χ0) is 23.4. The van der Waals surface area contributed by atoms with E-state index in [9.17, 15) is 18.3 Å². The molecule has 2 N–H and O–H groups in total. The van der Waals surface area contributed by atoms with Crippen LogP contribution in [-0.2, 0) is 12.7 Å². The lowest BCUT2D eigenvalue weighted by Crippen LogP contribution is -2.19. The average Bonchev–Trinajstić information content (AvgIpc) is 3.32. The summed E-state index contributed by atoms with van der Waals surface area (Å²) in [5.41, 5.74) is 0.768. The van der Waals surface area contributed by atoms with Gasteiger partial charge in [-0.05, 0) is 74.5 Å². The molecule has 1 aliphatic rings. The zero-order valence-corrected chi connectivity index (χ0v) is 17.8. The molecule has 9 heteroatoms. The van der Waals surface area contributed by atoms with Gasteiger partial charge in [0.05, 0.1) is 17.9 Å². The van der Waals surface area contributed by atoms with Crippen LogP contribution in [0.1, 0.15) is 35.8 Å². The fourth-order valence-corrected chi connectivity index (χ4v) is 3.75. The minimum atomic E-state index is -4.42. The molecule has 33 heavy (non-hydrogen) atoms. The number of ether oxygens (including phenoxy) is 1. The van der Waals surface area contributed by atoms with Gasteiger partial charge in [-0.1, -0.05) is 0 Å². The number of hydrogen-bond acceptors (Lipinski definition) is 6. The summed E-state index contributed by atoms with van der Waals surface area (Å²) in [6, 6.07) is 11.9. The summed E-state index contributed by atoms with van der Waals surface area (Å²) in [7, 11) is 0. The molecule has 2 aromatic carbocycles. The van der Waals surface area contributed by atoms with Gasteiger partial charge in [-0.3, -0.25) is 4.90 Å². The fourth-order valence-electron chi connectivity index (χ4n) is 3.75. The van der Waals surface area contributed by atoms with Gasteiger partial charge >= 0.3 is 6.18 Å². The van der Waals surface area contributed by atoms with Crippen LogP contribution in [0, 0.1) is 0 Å². The molecule has 1 aromatic heterocycles. The Morgan fingerprint density at radius 1 is 1.03 bits per heavy atom. The first-order chi connectivity index (χ1) is 15.8. The van der Waals surface area contributed by atoms with Gasteiger partial charge in [-0.25, -0.2) is 9.97 Å². The van der Waals surface area contributed by atoms with Gasteiger partial charge in [-0.2, -0.15) is 13.2 Å². The van der Waals surface area contributed by atoms with Crippen LogP contribution in [0.15, 0.2) is 54.7 Å². The number of aliphatic hydroxyl groups excluding tert-OH is 2. The van der Waals surface area contributed by atoms with E-state index in [2.05, 4.69) is 14.9 Å². The van der Waals surface area contributed by atoms with Crippen molar-refractivity contribution in [3.63, 3.8) is 0 Å². The maximum absolute atomic E-state index is 13.3. The lowest BCUT2D eigenvalue weighted by molar-refractivity contribution is -0.137. The van der Waals surface area contributed by atoms with Crippen LogP contribution in [0.4, 0.5) is 13.2 Å². The number of hydrogen-bond donors (Lipinski definition) is 2. The highest BCUT2D eigenvalue weighted by molar-refractivity contribution is 5.56. The van der Waals surface area contributed by atoms with Crippen molar-refractivity contribution in [3.05, 3.63) is 71.5 Å². The first-order valence-corrected chi connectivity index (χ1v) is 10.7. The Morgan fingerprint density at radius 2 is 1.76 bits per heavy atom. The molecule has 0 amide bonds. The highest BCUT2D eigenvalue weighted by Crippen LogP contribution is 2.35. The van der Waals surface area contributed by atoms with Crippen molar-refractivity contribution in [2.75, 3.05) is 19.7 Å². The van der Waals surface area contributed by atoms with E-state index in [4.69, 9.17) is 9.84 Å². The Hall–Kier alpha value is -3.01. The van der Waals surface area contributed by atoms with Gasteiger partial charge in [0.15, 0.2) is 5.82 Å². The van der Waals surface area contributed by atoms with Crippen molar-refractivity contribution in [2.24, 2.45) is 0 Å². The summed E-state index contributed by atoms with van der Waals surface area (Å²) < 4.78 is 45.7. The third kappa shape index (κ3) is 5.68. The summed E-state index contributed by atoms with van der Waals surface area (Å²) in [4.78, 5) is 10.6. The molecule has 1 aliphatic heterocycles. The summed E-state index contributed by atoms with van der Waals surface area (Å²) >= 11 is 0. The van der Waals surface area contributed by atoms with Gasteiger partial charge in [0.1, 0.15) is 17.6 Å². The lowest BCUT2D eigenvalue weighted by Gasteiger charge is -2.19. The molecule has 0 radical (unpaired) electrons. The van der Waals surface area contributed by atoms with Crippen molar-refractivity contribution in [1.82, 2.24) is 14.9 Å². The van der Waals surface area contributed by atoms with Crippen LogP contribution >= 0.6 is 0 Å². The third-order valence-corrected chi connectivity index (χ3v) is 5.51. The molecule has 174 valence electrons. The molecule has 6 nitrogen and oxygen atoms in total. The molecule has 0 saturated carbocycles. The molecule has 1 saturated heterocycles. The molecule has 0 aliphatic carbocycles. The number of nitrogens with zero attached hydrogens (tertiary/aromatic N) is 3. The van der Waals surface area contributed by atoms with Crippen molar-refractivity contribution in [1.29, 1.82) is 0 Å². The van der Waals surface area contributed by atoms with Crippen molar-refractivity contribution < 1.29 is 28.1 Å². The van der Waals surface area contributed by atoms with E-state index in [1.54, 1.807) is 24.3 Å². The molecule has 1 fully saturated rings. The maximum Gasteiger partial charge on any atom is 0.416 e. The van der Waals surface area contributed by atoms with E-state index < -0.39 is 24.5 Å². The van der Waals surface area contributed by atoms with Crippen LogP contribution in [0.25, 0.3) is 11.4 Å². The second kappa shape index (κ2) is 9.86. The van der Waals surface area contributed by atoms with E-state index >= 15 is 0 Å². The predicted octanol–water partition coefficient (Wildman–Crippen LogP) is 4.58. The highest BCUT2D eigenvalue weighted by atomic mass is 19.4. The third-order valence-electron chi connectivity index (χ3n) is 5.51. The van der Waals surface area contributed by atoms with E-state index in [1.807, 2.05) is 0 Å². The number of likely N-dealkylation sites (tertiary alicyclic amines) is 1. The number of aromatic nitrogens is 2. The van der Waals surface area contributed by atoms with Gasteiger partial charge in [0.25, 0.3) is 0 Å². The first kappa shape index (κ1) is 23.2. The van der Waals surface area contributed by atoms with E-state index in [0.29, 0.717) is 40.7 Å². The Balaban J connectivity index is 1.56. The molecule has 1 atom stereocenters. The molecule has 2 heterocycles. The average molecular weight is 459 g/mol. The van der Waals surface area contributed by atoms with Crippen molar-refractivity contribution >= 4 is 0 Å². The van der Waals surface area contributed by atoms with Crippen LogP contribution in [-0.4, -0.2) is 44.8 Å². The molecule has 4 rings (SSSR count). The molecule has 0 bridgehead atoms. The zero-order valence-electron chi connectivity index (χ0n) is 17.8. The summed E-state index contributed by atoms with van der Waals surface area (Å²) in [5.74, 6) is 1.22. The van der Waals surface area contributed by atoms with E-state index in [0.717, 1.165) is 38.1 Å². The van der Waals surface area contributed by atoms with Crippen molar-refractivity contribution in [2.45, 2.75) is 31.7 Å². The SMILES string of the molecule is OC[C@@H](O)c1ccnc(-c2ccc(Oc3ccc(C(F)(F)F)cc3CN3CCCC3)cc2)n1. The second-order valence-electron chi connectivity index (χ2n) is 7.93. The fraction of sp³-hybridized carbons (Fsp3) is 0.333. The van der Waals surface area contributed by atoms with Gasteiger partial charge < -0.3 is 14.9 Å². The van der Waals surface area contributed by atoms with Crippen molar-refractivity contribution in [3.8, 4) is 22.9 Å². The van der Waals surface area contributed by atoms with Crippen LogP contribution in [0.5, 0.6) is 11.5 Å². The molecular formula is C24H24F3N3O3. The standard InChI is InChI=1S/C24H24F3N3O3/c25-24(26,27)18-5-8-22(17(13-18)14-30-11-1-2-12-30)33-19-6-3-16(4-7-19)23-28-10-9-20(29-23)21(32)15-31/h3-10,13,21,31-32H,1-2,11-12,14-15H2/t21-/m1/s1. The Bertz CT molecular complexity index is 1080. The minimum Gasteiger partial charge on any atom is -0.457 e. The van der Waals surface area contributed by atoms with Crippen LogP contribution < -0.4 is 4.74 Å². The smallest absolute Gasteiger partial charge is 0.416 e. The lowest BCUT2D eigenvalue weighted by atomic mass is 10.1. The molecule has 0 unspecified atom stereocenters. The first-order valence-electron chi connectivity index (χ1n) is 10.7. The van der Waals surface area contributed by atoms with Crippen LogP contribution in [0.3, 0.4) is 0 Å². The van der Waals surface area contributed by atoms with Crippen LogP contribution in [0.2, 0.25) is 0 Å². The van der Waals surface area contributed by atoms with E-state index in [1.165, 1.54) is 18.3 Å². The number of rotatable bonds is 7. The topological polar surface area (TPSA) is 78.7 Å². The number of alkyl halides is 3.